The summed E-state index contributed by atoms with van der Waals surface area (Å²) in [5, 5.41) is 9.71. The van der Waals surface area contributed by atoms with E-state index in [1.54, 1.807) is 0 Å². The van der Waals surface area contributed by atoms with Crippen LogP contribution >= 0.6 is 11.8 Å². The zero-order valence-corrected chi connectivity index (χ0v) is 20.7. The minimum atomic E-state index is 0.929. The molecule has 1 rings (SSSR count). The van der Waals surface area contributed by atoms with E-state index in [0.717, 1.165) is 18.3 Å². The van der Waals surface area contributed by atoms with E-state index in [1.807, 2.05) is 0 Å². The molecule has 0 radical (unpaired) electrons. The summed E-state index contributed by atoms with van der Waals surface area (Å²) in [6.07, 6.45) is 29.8. The minimum absolute atomic E-state index is 0.929. The first-order valence-electron chi connectivity index (χ1n) is 13.4. The highest BCUT2D eigenvalue weighted by Gasteiger charge is 2.11. The lowest BCUT2D eigenvalue weighted by atomic mass is 10.0. The van der Waals surface area contributed by atoms with Gasteiger partial charge in [-0.15, -0.1) is 0 Å². The molecule has 0 aliphatic heterocycles. The third-order valence-electron chi connectivity index (χ3n) is 6.27. The lowest BCUT2D eigenvalue weighted by Crippen LogP contribution is -2.06. The topological polar surface area (TPSA) is 24.7 Å². The largest absolute Gasteiger partial charge is 0.194 e. The van der Waals surface area contributed by atoms with Gasteiger partial charge in [-0.2, -0.15) is 22.0 Å². The Morgan fingerprint density at radius 1 is 0.552 bits per heavy atom. The SMILES string of the molecule is CCCCCCCCCCCCCCCN=NCCCSC1CCCCCCC1. The smallest absolute Gasteiger partial charge is 0.0606 e. The lowest BCUT2D eigenvalue weighted by molar-refractivity contribution is 0.513. The fourth-order valence-corrected chi connectivity index (χ4v) is 5.61. The third kappa shape index (κ3) is 19.6. The molecule has 0 N–H and O–H groups in total. The van der Waals surface area contributed by atoms with Gasteiger partial charge in [-0.1, -0.05) is 116 Å². The van der Waals surface area contributed by atoms with Crippen molar-refractivity contribution < 1.29 is 0 Å². The average molecular weight is 425 g/mol. The van der Waals surface area contributed by atoms with E-state index in [0.29, 0.717) is 0 Å². The summed E-state index contributed by atoms with van der Waals surface area (Å²) in [4.78, 5) is 0. The van der Waals surface area contributed by atoms with Gasteiger partial charge >= 0.3 is 0 Å². The van der Waals surface area contributed by atoms with Crippen molar-refractivity contribution in [2.75, 3.05) is 18.8 Å². The molecule has 3 heteroatoms. The van der Waals surface area contributed by atoms with E-state index in [1.165, 1.54) is 141 Å². The molecule has 1 aliphatic carbocycles. The standard InChI is InChI=1S/C26H52N2S/c1-2-3-4-5-6-7-8-9-10-11-12-16-19-23-27-28-24-20-25-29-26-21-17-14-13-15-18-22-26/h26H,2-25H2,1H3. The van der Waals surface area contributed by atoms with E-state index in [4.69, 9.17) is 0 Å². The molecule has 0 heterocycles. The Labute approximate surface area is 187 Å². The summed E-state index contributed by atoms with van der Waals surface area (Å²) in [6.45, 7) is 4.19. The van der Waals surface area contributed by atoms with Gasteiger partial charge in [-0.05, 0) is 31.4 Å². The molecule has 0 amide bonds. The van der Waals surface area contributed by atoms with Gasteiger partial charge < -0.3 is 0 Å². The number of hydrogen-bond donors (Lipinski definition) is 0. The molecule has 29 heavy (non-hydrogen) atoms. The Morgan fingerprint density at radius 3 is 1.55 bits per heavy atom. The van der Waals surface area contributed by atoms with Crippen LogP contribution in [0.1, 0.15) is 142 Å². The first-order chi connectivity index (χ1) is 14.4. The van der Waals surface area contributed by atoms with Crippen molar-refractivity contribution in [2.45, 2.75) is 147 Å². The maximum atomic E-state index is 4.39. The van der Waals surface area contributed by atoms with Crippen LogP contribution in [-0.2, 0) is 0 Å². The molecule has 0 aromatic heterocycles. The quantitative estimate of drug-likeness (QED) is 0.149. The van der Waals surface area contributed by atoms with Crippen LogP contribution < -0.4 is 0 Å². The van der Waals surface area contributed by atoms with Gasteiger partial charge in [0.1, 0.15) is 0 Å². The molecular weight excluding hydrogens is 372 g/mol. The molecule has 0 aromatic carbocycles. The fourth-order valence-electron chi connectivity index (χ4n) is 4.31. The Bertz CT molecular complexity index is 338. The summed E-state index contributed by atoms with van der Waals surface area (Å²) in [6, 6.07) is 0. The summed E-state index contributed by atoms with van der Waals surface area (Å²) in [5.74, 6) is 1.28. The van der Waals surface area contributed by atoms with Crippen LogP contribution in [0.4, 0.5) is 0 Å². The van der Waals surface area contributed by atoms with Crippen molar-refractivity contribution in [1.29, 1.82) is 0 Å². The third-order valence-corrected chi connectivity index (χ3v) is 7.74. The van der Waals surface area contributed by atoms with Crippen molar-refractivity contribution in [3.05, 3.63) is 0 Å². The van der Waals surface area contributed by atoms with Crippen LogP contribution in [0.15, 0.2) is 10.2 Å². The first kappa shape index (κ1) is 27.0. The molecule has 0 atom stereocenters. The zero-order chi connectivity index (χ0) is 20.7. The molecule has 0 unspecified atom stereocenters. The highest BCUT2D eigenvalue weighted by Crippen LogP contribution is 2.27. The summed E-state index contributed by atoms with van der Waals surface area (Å²) in [5.41, 5.74) is 0. The van der Waals surface area contributed by atoms with Crippen molar-refractivity contribution in [1.82, 2.24) is 0 Å². The van der Waals surface area contributed by atoms with E-state index in [-0.39, 0.29) is 0 Å². The number of unbranched alkanes of at least 4 members (excludes halogenated alkanes) is 12. The molecule has 0 bridgehead atoms. The van der Waals surface area contributed by atoms with E-state index < -0.39 is 0 Å². The summed E-state index contributed by atoms with van der Waals surface area (Å²) < 4.78 is 0. The van der Waals surface area contributed by atoms with Crippen molar-refractivity contribution in [3.63, 3.8) is 0 Å². The van der Waals surface area contributed by atoms with Gasteiger partial charge in [0.15, 0.2) is 0 Å². The number of hydrogen-bond acceptors (Lipinski definition) is 3. The van der Waals surface area contributed by atoms with Gasteiger partial charge in [0, 0.05) is 5.25 Å². The van der Waals surface area contributed by atoms with Gasteiger partial charge in [0.2, 0.25) is 0 Å². The molecule has 1 saturated carbocycles. The normalized spacial score (nSPS) is 16.3. The van der Waals surface area contributed by atoms with Crippen LogP contribution in [0.25, 0.3) is 0 Å². The summed E-state index contributed by atoms with van der Waals surface area (Å²) >= 11 is 2.21. The highest BCUT2D eigenvalue weighted by atomic mass is 32.2. The Balaban J connectivity index is 1.74. The van der Waals surface area contributed by atoms with Crippen LogP contribution in [0.2, 0.25) is 0 Å². The molecule has 1 fully saturated rings. The first-order valence-corrected chi connectivity index (χ1v) is 14.4. The second-order valence-corrected chi connectivity index (χ2v) is 10.6. The van der Waals surface area contributed by atoms with Gasteiger partial charge in [0.05, 0.1) is 13.1 Å². The van der Waals surface area contributed by atoms with E-state index in [2.05, 4.69) is 28.9 Å². The highest BCUT2D eigenvalue weighted by molar-refractivity contribution is 7.99. The maximum Gasteiger partial charge on any atom is 0.0606 e. The van der Waals surface area contributed by atoms with Crippen LogP contribution in [0.3, 0.4) is 0 Å². The van der Waals surface area contributed by atoms with Gasteiger partial charge in [-0.3, -0.25) is 0 Å². The van der Waals surface area contributed by atoms with Gasteiger partial charge in [0.25, 0.3) is 0 Å². The molecule has 172 valence electrons. The average Bonchev–Trinajstić information content (AvgIpc) is 2.71. The molecular formula is C26H52N2S. The molecule has 0 saturated heterocycles. The molecule has 1 aliphatic rings. The van der Waals surface area contributed by atoms with E-state index in [9.17, 15) is 0 Å². The second-order valence-electron chi connectivity index (χ2n) is 9.16. The number of rotatable bonds is 19. The van der Waals surface area contributed by atoms with Crippen LogP contribution in [-0.4, -0.2) is 24.1 Å². The minimum Gasteiger partial charge on any atom is -0.194 e. The Hall–Kier alpha value is -0.0500. The molecule has 0 spiro atoms. The lowest BCUT2D eigenvalue weighted by Gasteiger charge is -2.18. The van der Waals surface area contributed by atoms with Crippen molar-refractivity contribution in [2.24, 2.45) is 10.2 Å². The van der Waals surface area contributed by atoms with Gasteiger partial charge in [-0.25, -0.2) is 0 Å². The predicted molar refractivity (Wildman–Crippen MR) is 133 cm³/mol. The predicted octanol–water partition coefficient (Wildman–Crippen LogP) is 9.77. The Morgan fingerprint density at radius 2 is 1.00 bits per heavy atom. The van der Waals surface area contributed by atoms with E-state index >= 15 is 0 Å². The van der Waals surface area contributed by atoms with Crippen molar-refractivity contribution >= 4 is 11.8 Å². The van der Waals surface area contributed by atoms with Crippen LogP contribution in [0, 0.1) is 0 Å². The summed E-state index contributed by atoms with van der Waals surface area (Å²) in [7, 11) is 0. The maximum absolute atomic E-state index is 4.39. The second kappa shape index (κ2) is 22.6. The zero-order valence-electron chi connectivity index (χ0n) is 19.9. The number of azo groups is 1. The van der Waals surface area contributed by atoms with Crippen molar-refractivity contribution in [3.8, 4) is 0 Å². The Kier molecular flexibility index (Phi) is 21.1. The number of nitrogens with zero attached hydrogens (tertiary/aromatic N) is 2. The van der Waals surface area contributed by atoms with Crippen LogP contribution in [0.5, 0.6) is 0 Å². The molecule has 2 nitrogen and oxygen atoms in total. The molecule has 0 aromatic rings. The number of thioether (sulfide) groups is 1. The monoisotopic (exact) mass is 424 g/mol. The fraction of sp³-hybridized carbons (Fsp3) is 1.00.